The summed E-state index contributed by atoms with van der Waals surface area (Å²) in [6.45, 7) is 12.7. The summed E-state index contributed by atoms with van der Waals surface area (Å²) in [5.74, 6) is 0. The van der Waals surface area contributed by atoms with Gasteiger partial charge in [0.25, 0.3) is 0 Å². The van der Waals surface area contributed by atoms with Crippen LogP contribution in [0.3, 0.4) is 0 Å². The molecule has 0 atom stereocenters. The van der Waals surface area contributed by atoms with Crippen LogP contribution in [-0.4, -0.2) is 18.8 Å². The van der Waals surface area contributed by atoms with Crippen molar-refractivity contribution in [2.24, 2.45) is 0 Å². The quantitative estimate of drug-likeness (QED) is 0.714. The molecule has 0 bridgehead atoms. The van der Waals surface area contributed by atoms with Gasteiger partial charge < -0.3 is 0 Å². The maximum absolute atomic E-state index is 12.4. The molecule has 0 aliphatic heterocycles. The van der Waals surface area contributed by atoms with Crippen molar-refractivity contribution in [3.63, 3.8) is 0 Å². The molecule has 1 nitrogen and oxygen atoms in total. The fraction of sp³-hybridized carbons (Fsp3) is 1.00. The van der Waals surface area contributed by atoms with Gasteiger partial charge in [-0.2, -0.15) is 0 Å². The molecular weight excluding hydrogens is 246 g/mol. The van der Waals surface area contributed by atoms with Gasteiger partial charge in [-0.05, 0) is 0 Å². The number of rotatable bonds is 3. The number of hydrogen-bond donors (Lipinski definition) is 0. The van der Waals surface area contributed by atoms with Crippen LogP contribution in [0.1, 0.15) is 41.5 Å². The van der Waals surface area contributed by atoms with Crippen LogP contribution < -0.4 is 0 Å². The molecule has 0 aromatic carbocycles. The van der Waals surface area contributed by atoms with E-state index in [1.54, 1.807) is 0 Å². The van der Waals surface area contributed by atoms with E-state index in [1.165, 1.54) is 0 Å². The van der Waals surface area contributed by atoms with Crippen LogP contribution >= 0.6 is 0 Å². The Morgan fingerprint density at radius 3 is 0.909 bits per heavy atom. The third-order valence-corrected chi connectivity index (χ3v) is 16.2. The van der Waals surface area contributed by atoms with Crippen molar-refractivity contribution in [2.45, 2.75) is 53.1 Å². The van der Waals surface area contributed by atoms with Crippen molar-refractivity contribution in [1.82, 2.24) is 0 Å². The second kappa shape index (κ2) is 4.03. The first-order valence-electron chi connectivity index (χ1n) is 4.42. The molecule has 0 spiro atoms. The molecule has 0 N–H and O–H groups in total. The van der Waals surface area contributed by atoms with Gasteiger partial charge in [-0.3, -0.25) is 0 Å². The summed E-state index contributed by atoms with van der Waals surface area (Å²) < 4.78 is 13.7. The predicted octanol–water partition coefficient (Wildman–Crippen LogP) is 3.59. The van der Waals surface area contributed by atoms with E-state index in [2.05, 4.69) is 41.5 Å². The molecule has 0 saturated carbocycles. The van der Waals surface area contributed by atoms with Crippen molar-refractivity contribution in [2.75, 3.05) is 0 Å². The molecule has 0 aliphatic rings. The third-order valence-electron chi connectivity index (χ3n) is 2.42. The van der Waals surface area contributed by atoms with Gasteiger partial charge in [-0.25, -0.2) is 0 Å². The van der Waals surface area contributed by atoms with Gasteiger partial charge in [-0.15, -0.1) is 0 Å². The summed E-state index contributed by atoms with van der Waals surface area (Å²) >= 11 is -2.88. The van der Waals surface area contributed by atoms with Crippen molar-refractivity contribution in [1.29, 1.82) is 0 Å². The second-order valence-corrected chi connectivity index (χ2v) is 17.2. The van der Waals surface area contributed by atoms with Crippen molar-refractivity contribution < 1.29 is 3.02 Å². The molecule has 0 radical (unpaired) electrons. The Morgan fingerprint density at radius 2 is 0.909 bits per heavy atom. The summed E-state index contributed by atoms with van der Waals surface area (Å²) in [7, 11) is 0. The summed E-state index contributed by atoms with van der Waals surface area (Å²) in [4.78, 5) is 0. The summed E-state index contributed by atoms with van der Waals surface area (Å²) in [5, 5.41) is 0. The number of hydrogen-bond acceptors (Lipinski definition) is 1. The molecule has 68 valence electrons. The van der Waals surface area contributed by atoms with E-state index in [0.717, 1.165) is 0 Å². The van der Waals surface area contributed by atoms with Gasteiger partial charge in [0.2, 0.25) is 0 Å². The minimum atomic E-state index is -2.88. The zero-order valence-corrected chi connectivity index (χ0v) is 11.1. The Bertz CT molecular complexity index is 130. The van der Waals surface area contributed by atoms with E-state index >= 15 is 0 Å². The van der Waals surface area contributed by atoms with Crippen molar-refractivity contribution in [3.05, 3.63) is 0 Å². The zero-order chi connectivity index (χ0) is 9.23. The van der Waals surface area contributed by atoms with Gasteiger partial charge in [-0.1, -0.05) is 0 Å². The molecule has 0 heterocycles. The van der Waals surface area contributed by atoms with E-state index in [9.17, 15) is 3.02 Å². The molecule has 0 rings (SSSR count). The van der Waals surface area contributed by atoms with Gasteiger partial charge in [0.1, 0.15) is 0 Å². The topological polar surface area (TPSA) is 17.1 Å². The Morgan fingerprint density at radius 1 is 0.727 bits per heavy atom. The first kappa shape index (κ1) is 11.6. The molecule has 11 heavy (non-hydrogen) atoms. The van der Waals surface area contributed by atoms with Crippen LogP contribution in [0, 0.1) is 0 Å². The fourth-order valence-corrected chi connectivity index (χ4v) is 12.0. The Balaban J connectivity index is 4.69. The van der Waals surface area contributed by atoms with E-state index in [-0.39, 0.29) is 0 Å². The van der Waals surface area contributed by atoms with Crippen molar-refractivity contribution in [3.8, 4) is 0 Å². The molecule has 0 amide bonds. The maximum atomic E-state index is 12.4. The summed E-state index contributed by atoms with van der Waals surface area (Å²) in [6, 6.07) is 0. The average molecular weight is 267 g/mol. The average Bonchev–Trinajstić information content (AvgIpc) is 1.84. The fourth-order valence-electron chi connectivity index (χ4n) is 1.79. The minimum absolute atomic E-state index is 0.425. The Labute approximate surface area is 75.0 Å². The molecule has 0 aromatic heterocycles. The van der Waals surface area contributed by atoms with E-state index < -0.39 is 18.8 Å². The summed E-state index contributed by atoms with van der Waals surface area (Å²) in [5.41, 5.74) is 0. The first-order chi connectivity index (χ1) is 4.83. The van der Waals surface area contributed by atoms with E-state index in [4.69, 9.17) is 0 Å². The van der Waals surface area contributed by atoms with Crippen LogP contribution in [0.4, 0.5) is 0 Å². The Hall–Kier alpha value is 0.618. The van der Waals surface area contributed by atoms with Gasteiger partial charge in [0.15, 0.2) is 0 Å². The normalized spacial score (nSPS) is 13.5. The monoisotopic (exact) mass is 266 g/mol. The SMILES string of the molecule is C[CH](C)[Sb](=[O])([CH](C)C)[CH](C)C. The van der Waals surface area contributed by atoms with E-state index in [0.29, 0.717) is 11.6 Å². The molecule has 0 aliphatic carbocycles. The van der Waals surface area contributed by atoms with Crippen LogP contribution in [-0.2, 0) is 3.02 Å². The molecule has 0 saturated heterocycles. The van der Waals surface area contributed by atoms with Crippen LogP contribution in [0.15, 0.2) is 0 Å². The van der Waals surface area contributed by atoms with Crippen molar-refractivity contribution >= 4 is 18.8 Å². The second-order valence-electron chi connectivity index (χ2n) is 4.04. The van der Waals surface area contributed by atoms with Crippen LogP contribution in [0.5, 0.6) is 0 Å². The first-order valence-corrected chi connectivity index (χ1v) is 9.88. The van der Waals surface area contributed by atoms with Gasteiger partial charge in [0.05, 0.1) is 0 Å². The predicted molar refractivity (Wildman–Crippen MR) is 51.7 cm³/mol. The standard InChI is InChI=1S/3C3H7.O.Sb/c3*1-3-2;;/h3*3H,1-2H3;;. The van der Waals surface area contributed by atoms with Crippen LogP contribution in [0.2, 0.25) is 11.6 Å². The zero-order valence-electron chi connectivity index (χ0n) is 8.59. The van der Waals surface area contributed by atoms with Gasteiger partial charge in [0, 0.05) is 0 Å². The van der Waals surface area contributed by atoms with Crippen LogP contribution in [0.25, 0.3) is 0 Å². The van der Waals surface area contributed by atoms with E-state index in [1.807, 2.05) is 0 Å². The Kier molecular flexibility index (Phi) is 4.25. The molecule has 2 heteroatoms. The molecule has 0 unspecified atom stereocenters. The molecule has 0 aromatic rings. The third kappa shape index (κ3) is 2.28. The molecular formula is C9H21OSb. The summed E-state index contributed by atoms with van der Waals surface area (Å²) in [6.07, 6.45) is 0. The molecule has 0 fully saturated rings. The van der Waals surface area contributed by atoms with Gasteiger partial charge >= 0.3 is 74.9 Å².